The van der Waals surface area contributed by atoms with Crippen LogP contribution in [-0.2, 0) is 0 Å². The molecule has 0 spiro atoms. The van der Waals surface area contributed by atoms with Crippen LogP contribution in [0.25, 0.3) is 28.1 Å². The van der Waals surface area contributed by atoms with Gasteiger partial charge in [-0.3, -0.25) is 10.4 Å². The summed E-state index contributed by atoms with van der Waals surface area (Å²) < 4.78 is 6.15. The van der Waals surface area contributed by atoms with Gasteiger partial charge >= 0.3 is 0 Å². The number of hydrogen-bond donors (Lipinski definition) is 5. The van der Waals surface area contributed by atoms with E-state index >= 15 is 0 Å². The van der Waals surface area contributed by atoms with Crippen molar-refractivity contribution in [3.8, 4) is 22.9 Å². The fraction of sp³-hybridized carbons (Fsp3) is 0.275. The van der Waals surface area contributed by atoms with E-state index in [1.165, 1.54) is 11.1 Å². The van der Waals surface area contributed by atoms with Crippen LogP contribution < -0.4 is 21.5 Å². The third kappa shape index (κ3) is 8.91. The van der Waals surface area contributed by atoms with Gasteiger partial charge in [-0.25, -0.2) is 4.98 Å². The number of H-pyrrole nitrogens is 1. The zero-order valence-corrected chi connectivity index (χ0v) is 28.8. The molecule has 8 nitrogen and oxygen atoms in total. The number of nitrogens with zero attached hydrogens (tertiary/aromatic N) is 2. The molecule has 5 rings (SSSR count). The third-order valence-electron chi connectivity index (χ3n) is 8.61. The van der Waals surface area contributed by atoms with Crippen LogP contribution in [0.2, 0.25) is 0 Å². The molecule has 4 aromatic carbocycles. The number of benzene rings is 4. The number of nitrogens with two attached hydrogens (primary N) is 2. The Morgan fingerprint density at radius 3 is 2.10 bits per heavy atom. The van der Waals surface area contributed by atoms with E-state index in [0.29, 0.717) is 11.8 Å². The molecule has 0 amide bonds. The number of aryl methyl sites for hydroxylation is 1. The number of fused-ring (bicyclic) bond motifs is 1. The second-order valence-electron chi connectivity index (χ2n) is 11.8. The fourth-order valence-corrected chi connectivity index (χ4v) is 5.61. The van der Waals surface area contributed by atoms with Gasteiger partial charge in [0.25, 0.3) is 0 Å². The SMILES string of the molecule is C=C(Nc1cc(C(CC)CC)ccc1C)c1ccc(Oc2ccc(-c3nc4ccc(C(N)=NC(CC)CC)cc4[nH]3)cc2)cc1.N=CN. The molecule has 0 radical (unpaired) electrons. The Hall–Kier alpha value is -5.37. The van der Waals surface area contributed by atoms with Crippen LogP contribution in [-0.4, -0.2) is 28.2 Å². The van der Waals surface area contributed by atoms with E-state index in [9.17, 15) is 0 Å². The van der Waals surface area contributed by atoms with Gasteiger partial charge in [0.15, 0.2) is 0 Å². The number of hydrogen-bond acceptors (Lipinski definition) is 5. The monoisotopic (exact) mass is 643 g/mol. The second-order valence-corrected chi connectivity index (χ2v) is 11.8. The van der Waals surface area contributed by atoms with Crippen LogP contribution in [0.3, 0.4) is 0 Å². The van der Waals surface area contributed by atoms with Gasteiger partial charge in [0.2, 0.25) is 0 Å². The van der Waals surface area contributed by atoms with E-state index in [2.05, 4.69) is 80.4 Å². The largest absolute Gasteiger partial charge is 0.457 e. The van der Waals surface area contributed by atoms with E-state index in [1.54, 1.807) is 0 Å². The highest BCUT2D eigenvalue weighted by atomic mass is 16.5. The van der Waals surface area contributed by atoms with Crippen LogP contribution in [0.1, 0.15) is 81.5 Å². The molecule has 250 valence electrons. The maximum Gasteiger partial charge on any atom is 0.138 e. The molecule has 0 aliphatic carbocycles. The first-order valence-corrected chi connectivity index (χ1v) is 16.7. The molecule has 0 unspecified atom stereocenters. The molecule has 8 heteroatoms. The van der Waals surface area contributed by atoms with Gasteiger partial charge in [-0.2, -0.15) is 0 Å². The highest BCUT2D eigenvalue weighted by Gasteiger charge is 2.12. The normalized spacial score (nSPS) is 11.4. The molecular weight excluding hydrogens is 594 g/mol. The van der Waals surface area contributed by atoms with Gasteiger partial charge in [0, 0.05) is 22.5 Å². The second kappa shape index (κ2) is 17.0. The number of nitrogens with one attached hydrogen (secondary N) is 3. The van der Waals surface area contributed by atoms with Crippen molar-refractivity contribution < 1.29 is 4.74 Å². The summed E-state index contributed by atoms with van der Waals surface area (Å²) in [6, 6.07) is 28.9. The summed E-state index contributed by atoms with van der Waals surface area (Å²) in [5.41, 5.74) is 19.9. The summed E-state index contributed by atoms with van der Waals surface area (Å²) in [7, 11) is 0. The first-order chi connectivity index (χ1) is 23.2. The van der Waals surface area contributed by atoms with Gasteiger partial charge < -0.3 is 26.5 Å². The first kappa shape index (κ1) is 35.5. The van der Waals surface area contributed by atoms with Crippen molar-refractivity contribution in [2.24, 2.45) is 16.5 Å². The molecule has 1 heterocycles. The topological polar surface area (TPSA) is 138 Å². The molecule has 7 N–H and O–H groups in total. The summed E-state index contributed by atoms with van der Waals surface area (Å²) in [5.74, 6) is 3.44. The van der Waals surface area contributed by atoms with Crippen molar-refractivity contribution in [3.05, 3.63) is 114 Å². The Bertz CT molecular complexity index is 1830. The Balaban J connectivity index is 0.00000167. The molecule has 0 saturated carbocycles. The van der Waals surface area contributed by atoms with Crippen LogP contribution in [0.5, 0.6) is 11.5 Å². The smallest absolute Gasteiger partial charge is 0.138 e. The van der Waals surface area contributed by atoms with Gasteiger partial charge in [-0.05, 0) is 128 Å². The maximum atomic E-state index is 6.31. The maximum absolute atomic E-state index is 6.31. The fourth-order valence-electron chi connectivity index (χ4n) is 5.61. The number of aliphatic imine (C=N–C) groups is 1. The van der Waals surface area contributed by atoms with Crippen molar-refractivity contribution in [2.45, 2.75) is 72.3 Å². The summed E-state index contributed by atoms with van der Waals surface area (Å²) in [4.78, 5) is 12.9. The van der Waals surface area contributed by atoms with E-state index in [4.69, 9.17) is 20.9 Å². The number of rotatable bonds is 13. The Morgan fingerprint density at radius 2 is 1.50 bits per heavy atom. The summed E-state index contributed by atoms with van der Waals surface area (Å²) in [5, 5.41) is 9.40. The van der Waals surface area contributed by atoms with Gasteiger partial charge in [0.05, 0.1) is 23.4 Å². The van der Waals surface area contributed by atoms with Crippen molar-refractivity contribution in [1.29, 1.82) is 5.41 Å². The summed E-state index contributed by atoms with van der Waals surface area (Å²) in [6.45, 7) is 15.2. The van der Waals surface area contributed by atoms with E-state index in [-0.39, 0.29) is 6.04 Å². The zero-order valence-electron chi connectivity index (χ0n) is 28.8. The molecule has 0 aliphatic heterocycles. The molecule has 0 saturated heterocycles. The van der Waals surface area contributed by atoms with E-state index in [1.807, 2.05) is 66.7 Å². The summed E-state index contributed by atoms with van der Waals surface area (Å²) >= 11 is 0. The lowest BCUT2D eigenvalue weighted by Crippen LogP contribution is -2.17. The van der Waals surface area contributed by atoms with E-state index < -0.39 is 0 Å². The minimum Gasteiger partial charge on any atom is -0.457 e. The first-order valence-electron chi connectivity index (χ1n) is 16.7. The average Bonchev–Trinajstić information content (AvgIpc) is 3.53. The van der Waals surface area contributed by atoms with Crippen LogP contribution in [0.4, 0.5) is 5.69 Å². The third-order valence-corrected chi connectivity index (χ3v) is 8.61. The number of amidine groups is 1. The van der Waals surface area contributed by atoms with Gasteiger partial charge in [-0.1, -0.05) is 46.4 Å². The minimum absolute atomic E-state index is 0.241. The summed E-state index contributed by atoms with van der Waals surface area (Å²) in [6.07, 6.45) is 4.96. The van der Waals surface area contributed by atoms with Crippen LogP contribution >= 0.6 is 0 Å². The van der Waals surface area contributed by atoms with Crippen molar-refractivity contribution in [2.75, 3.05) is 5.32 Å². The average molecular weight is 644 g/mol. The molecule has 0 atom stereocenters. The molecular formula is C40H49N7O. The number of aromatic amines is 1. The van der Waals surface area contributed by atoms with Crippen molar-refractivity contribution >= 4 is 34.6 Å². The zero-order chi connectivity index (χ0) is 34.6. The Kier molecular flexibility index (Phi) is 12.5. The number of ether oxygens (including phenoxy) is 1. The van der Waals surface area contributed by atoms with Gasteiger partial charge in [0.1, 0.15) is 23.2 Å². The Labute approximate surface area is 284 Å². The molecule has 48 heavy (non-hydrogen) atoms. The highest BCUT2D eigenvalue weighted by Crippen LogP contribution is 2.31. The number of anilines is 1. The van der Waals surface area contributed by atoms with E-state index in [0.717, 1.165) is 88.5 Å². The molecule has 0 bridgehead atoms. The standard InChI is InChI=1S/C39H45N5O.CH4N2/c1-7-27(8-2)30-12-11-25(5)36(23-30)41-26(6)28-13-18-33(19-14-28)45-34-20-15-29(16-21-34)39-43-35-22-17-31(24-37(35)44-39)38(40)42-32(9-3)10-4;2-1-3/h11-24,27,32,41H,6-10H2,1-5H3,(H2,40,42)(H,43,44);1H,(H3,2,3). The number of imidazole rings is 1. The molecule has 0 aliphatic rings. The van der Waals surface area contributed by atoms with Crippen LogP contribution in [0, 0.1) is 12.3 Å². The molecule has 0 fully saturated rings. The molecule has 1 aromatic heterocycles. The molecule has 5 aromatic rings. The van der Waals surface area contributed by atoms with Gasteiger partial charge in [-0.15, -0.1) is 0 Å². The minimum atomic E-state index is 0.241. The predicted octanol–water partition coefficient (Wildman–Crippen LogP) is 9.76. The quantitative estimate of drug-likeness (QED) is 0.0642. The van der Waals surface area contributed by atoms with Crippen molar-refractivity contribution in [1.82, 2.24) is 9.97 Å². The number of aromatic nitrogens is 2. The van der Waals surface area contributed by atoms with Crippen LogP contribution in [0.15, 0.2) is 96.5 Å². The van der Waals surface area contributed by atoms with Crippen molar-refractivity contribution in [3.63, 3.8) is 0 Å². The Morgan fingerprint density at radius 1 is 0.896 bits per heavy atom. The lowest BCUT2D eigenvalue weighted by Gasteiger charge is -2.18. The lowest BCUT2D eigenvalue weighted by atomic mass is 9.92. The highest BCUT2D eigenvalue weighted by molar-refractivity contribution is 6.00. The predicted molar refractivity (Wildman–Crippen MR) is 203 cm³/mol. The lowest BCUT2D eigenvalue weighted by molar-refractivity contribution is 0.482.